The number of fused-ring (bicyclic) bond motifs is 1. The van der Waals surface area contributed by atoms with Gasteiger partial charge in [-0.25, -0.2) is 4.98 Å². The molecule has 1 heterocycles. The van der Waals surface area contributed by atoms with Gasteiger partial charge in [0.15, 0.2) is 0 Å². The Morgan fingerprint density at radius 3 is 2.64 bits per heavy atom. The van der Waals surface area contributed by atoms with Crippen LogP contribution in [-0.2, 0) is 13.1 Å². The zero-order valence-corrected chi connectivity index (χ0v) is 17.2. The Bertz CT molecular complexity index is 919. The summed E-state index contributed by atoms with van der Waals surface area (Å²) in [5.41, 5.74) is 2.66. The Hall–Kier alpha value is -2.33. The molecule has 4 nitrogen and oxygen atoms in total. The van der Waals surface area contributed by atoms with Crippen LogP contribution in [0.25, 0.3) is 11.0 Å². The van der Waals surface area contributed by atoms with Gasteiger partial charge >= 0.3 is 0 Å². The Morgan fingerprint density at radius 2 is 1.82 bits per heavy atom. The third-order valence-electron chi connectivity index (χ3n) is 4.96. The molecule has 3 aromatic rings. The number of hydrogen-bond donors (Lipinski definition) is 1. The standard InChI is InChI=1S/C23H28ClN3O/c1-2-3-4-5-6-9-15-27-21-14-8-7-13-20(21)26-22(27)17-25-23(28)18-11-10-12-19(24)16-18/h7-8,10-14,16H,2-6,9,15,17H2,1H3,(H,25,28). The Labute approximate surface area is 171 Å². The van der Waals surface area contributed by atoms with Gasteiger partial charge in [-0.05, 0) is 36.8 Å². The van der Waals surface area contributed by atoms with E-state index in [2.05, 4.69) is 22.9 Å². The van der Waals surface area contributed by atoms with Crippen molar-refractivity contribution >= 4 is 28.5 Å². The van der Waals surface area contributed by atoms with E-state index in [1.807, 2.05) is 18.2 Å². The molecule has 28 heavy (non-hydrogen) atoms. The highest BCUT2D eigenvalue weighted by Gasteiger charge is 2.12. The summed E-state index contributed by atoms with van der Waals surface area (Å²) in [5, 5.41) is 3.54. The summed E-state index contributed by atoms with van der Waals surface area (Å²) in [7, 11) is 0. The van der Waals surface area contributed by atoms with Gasteiger partial charge in [0.2, 0.25) is 0 Å². The second kappa shape index (κ2) is 10.3. The lowest BCUT2D eigenvalue weighted by Gasteiger charge is -2.10. The predicted molar refractivity (Wildman–Crippen MR) is 116 cm³/mol. The third kappa shape index (κ3) is 5.35. The van der Waals surface area contributed by atoms with Crippen LogP contribution in [0.3, 0.4) is 0 Å². The number of aromatic nitrogens is 2. The number of nitrogens with one attached hydrogen (secondary N) is 1. The maximum absolute atomic E-state index is 12.5. The SMILES string of the molecule is CCCCCCCCn1c(CNC(=O)c2cccc(Cl)c2)nc2ccccc21. The molecule has 0 saturated heterocycles. The monoisotopic (exact) mass is 397 g/mol. The minimum atomic E-state index is -0.138. The summed E-state index contributed by atoms with van der Waals surface area (Å²) in [6.07, 6.45) is 7.52. The van der Waals surface area contributed by atoms with Crippen molar-refractivity contribution in [3.63, 3.8) is 0 Å². The highest BCUT2D eigenvalue weighted by atomic mass is 35.5. The molecule has 0 aliphatic rings. The van der Waals surface area contributed by atoms with Gasteiger partial charge in [0.25, 0.3) is 5.91 Å². The highest BCUT2D eigenvalue weighted by Crippen LogP contribution is 2.18. The molecule has 1 N–H and O–H groups in total. The van der Waals surface area contributed by atoms with E-state index in [1.54, 1.807) is 24.3 Å². The summed E-state index contributed by atoms with van der Waals surface area (Å²) >= 11 is 5.99. The number of carbonyl (C=O) groups is 1. The number of para-hydroxylation sites is 2. The molecule has 0 aliphatic carbocycles. The van der Waals surface area contributed by atoms with Crippen molar-refractivity contribution in [1.82, 2.24) is 14.9 Å². The molecule has 0 radical (unpaired) electrons. The minimum Gasteiger partial charge on any atom is -0.345 e. The van der Waals surface area contributed by atoms with Crippen LogP contribution in [0, 0.1) is 0 Å². The van der Waals surface area contributed by atoms with Gasteiger partial charge in [-0.3, -0.25) is 4.79 Å². The molecule has 2 aromatic carbocycles. The normalized spacial score (nSPS) is 11.1. The van der Waals surface area contributed by atoms with Crippen LogP contribution in [0.5, 0.6) is 0 Å². The highest BCUT2D eigenvalue weighted by molar-refractivity contribution is 6.30. The van der Waals surface area contributed by atoms with Gasteiger partial charge in [0.05, 0.1) is 17.6 Å². The van der Waals surface area contributed by atoms with Crippen LogP contribution in [0.2, 0.25) is 5.02 Å². The molecule has 3 rings (SSSR count). The first-order chi connectivity index (χ1) is 13.7. The zero-order chi connectivity index (χ0) is 19.8. The molecule has 0 unspecified atom stereocenters. The predicted octanol–water partition coefficient (Wildman–Crippen LogP) is 5.98. The average molecular weight is 398 g/mol. The number of amides is 1. The fourth-order valence-electron chi connectivity index (χ4n) is 3.45. The topological polar surface area (TPSA) is 46.9 Å². The summed E-state index contributed by atoms with van der Waals surface area (Å²) in [6.45, 7) is 3.56. The average Bonchev–Trinajstić information content (AvgIpc) is 3.06. The number of halogens is 1. The second-order valence-electron chi connectivity index (χ2n) is 7.13. The molecule has 1 amide bonds. The van der Waals surface area contributed by atoms with Crippen LogP contribution < -0.4 is 5.32 Å². The van der Waals surface area contributed by atoms with Crippen molar-refractivity contribution in [2.24, 2.45) is 0 Å². The zero-order valence-electron chi connectivity index (χ0n) is 16.5. The van der Waals surface area contributed by atoms with Gasteiger partial charge in [0.1, 0.15) is 5.82 Å². The number of benzene rings is 2. The molecular formula is C23H28ClN3O. The lowest BCUT2D eigenvalue weighted by molar-refractivity contribution is 0.0949. The van der Waals surface area contributed by atoms with Crippen molar-refractivity contribution in [1.29, 1.82) is 0 Å². The Morgan fingerprint density at radius 1 is 1.04 bits per heavy atom. The molecule has 1 aromatic heterocycles. The quantitative estimate of drug-likeness (QED) is 0.427. The van der Waals surface area contributed by atoms with Crippen LogP contribution in [-0.4, -0.2) is 15.5 Å². The largest absolute Gasteiger partial charge is 0.345 e. The van der Waals surface area contributed by atoms with Crippen molar-refractivity contribution < 1.29 is 4.79 Å². The maximum atomic E-state index is 12.5. The molecule has 0 saturated carbocycles. The van der Waals surface area contributed by atoms with Crippen LogP contribution in [0.15, 0.2) is 48.5 Å². The fraction of sp³-hybridized carbons (Fsp3) is 0.391. The fourth-order valence-corrected chi connectivity index (χ4v) is 3.64. The van der Waals surface area contributed by atoms with E-state index < -0.39 is 0 Å². The first-order valence-corrected chi connectivity index (χ1v) is 10.5. The first-order valence-electron chi connectivity index (χ1n) is 10.2. The summed E-state index contributed by atoms with van der Waals surface area (Å²) in [4.78, 5) is 17.2. The van der Waals surface area contributed by atoms with Gasteiger partial charge in [-0.2, -0.15) is 0 Å². The minimum absolute atomic E-state index is 0.138. The van der Waals surface area contributed by atoms with Crippen molar-refractivity contribution in [3.8, 4) is 0 Å². The maximum Gasteiger partial charge on any atom is 0.251 e. The molecular weight excluding hydrogens is 370 g/mol. The van der Waals surface area contributed by atoms with Gasteiger partial charge in [0, 0.05) is 17.1 Å². The number of imidazole rings is 1. The van der Waals surface area contributed by atoms with E-state index in [4.69, 9.17) is 16.6 Å². The molecule has 148 valence electrons. The van der Waals surface area contributed by atoms with Crippen LogP contribution in [0.1, 0.15) is 61.6 Å². The Balaban J connectivity index is 1.67. The van der Waals surface area contributed by atoms with E-state index in [0.29, 0.717) is 17.1 Å². The number of unbranched alkanes of at least 4 members (excludes halogenated alkanes) is 5. The van der Waals surface area contributed by atoms with Gasteiger partial charge in [-0.15, -0.1) is 0 Å². The molecule has 0 bridgehead atoms. The number of carbonyl (C=O) groups excluding carboxylic acids is 1. The van der Waals surface area contributed by atoms with Crippen molar-refractivity contribution in [2.75, 3.05) is 0 Å². The summed E-state index contributed by atoms with van der Waals surface area (Å²) in [6, 6.07) is 15.1. The molecule has 0 aliphatic heterocycles. The Kier molecular flexibility index (Phi) is 7.49. The number of rotatable bonds is 10. The van der Waals surface area contributed by atoms with E-state index >= 15 is 0 Å². The number of aryl methyl sites for hydroxylation is 1. The molecule has 0 atom stereocenters. The number of nitrogens with zero attached hydrogens (tertiary/aromatic N) is 2. The number of hydrogen-bond acceptors (Lipinski definition) is 2. The smallest absolute Gasteiger partial charge is 0.251 e. The first kappa shape index (κ1) is 20.4. The van der Waals surface area contributed by atoms with E-state index in [1.165, 1.54) is 32.1 Å². The van der Waals surface area contributed by atoms with E-state index in [0.717, 1.165) is 29.8 Å². The van der Waals surface area contributed by atoms with Crippen molar-refractivity contribution in [2.45, 2.75) is 58.5 Å². The second-order valence-corrected chi connectivity index (χ2v) is 7.57. The third-order valence-corrected chi connectivity index (χ3v) is 5.20. The lowest BCUT2D eigenvalue weighted by Crippen LogP contribution is -2.24. The van der Waals surface area contributed by atoms with Gasteiger partial charge in [-0.1, -0.05) is 68.8 Å². The van der Waals surface area contributed by atoms with E-state index in [9.17, 15) is 4.79 Å². The van der Waals surface area contributed by atoms with E-state index in [-0.39, 0.29) is 5.91 Å². The summed E-state index contributed by atoms with van der Waals surface area (Å²) in [5.74, 6) is 0.755. The van der Waals surface area contributed by atoms with Crippen LogP contribution >= 0.6 is 11.6 Å². The molecule has 5 heteroatoms. The summed E-state index contributed by atoms with van der Waals surface area (Å²) < 4.78 is 2.24. The molecule has 0 fully saturated rings. The lowest BCUT2D eigenvalue weighted by atomic mass is 10.1. The van der Waals surface area contributed by atoms with Gasteiger partial charge < -0.3 is 9.88 Å². The van der Waals surface area contributed by atoms with Crippen LogP contribution in [0.4, 0.5) is 0 Å². The van der Waals surface area contributed by atoms with Crippen molar-refractivity contribution in [3.05, 3.63) is 64.9 Å². The molecule has 0 spiro atoms.